The van der Waals surface area contributed by atoms with Gasteiger partial charge < -0.3 is 10.0 Å². The van der Waals surface area contributed by atoms with E-state index in [2.05, 4.69) is 12.2 Å². The fourth-order valence-corrected chi connectivity index (χ4v) is 0.548. The molecular formula is C9H20N2O2. The quantitative estimate of drug-likeness (QED) is 0.278. The number of rotatable bonds is 6. The Hall–Kier alpha value is -0.800. The molecule has 0 aliphatic heterocycles. The minimum atomic E-state index is -0.466. The van der Waals surface area contributed by atoms with Crippen molar-refractivity contribution in [3.63, 3.8) is 0 Å². The summed E-state index contributed by atoms with van der Waals surface area (Å²) in [6.07, 6.45) is 2.73. The Morgan fingerprint density at radius 3 is 2.46 bits per heavy atom. The lowest BCUT2D eigenvalue weighted by Gasteiger charge is -2.17. The van der Waals surface area contributed by atoms with Crippen molar-refractivity contribution in [2.75, 3.05) is 6.61 Å². The van der Waals surface area contributed by atoms with Crippen LogP contribution in [0, 0.1) is 5.21 Å². The van der Waals surface area contributed by atoms with Gasteiger partial charge in [-0.2, -0.15) is 0 Å². The summed E-state index contributed by atoms with van der Waals surface area (Å²) in [6, 6.07) is 0. The van der Waals surface area contributed by atoms with E-state index in [1.165, 1.54) is 0 Å². The van der Waals surface area contributed by atoms with Crippen molar-refractivity contribution in [3.8, 4) is 0 Å². The Bertz CT molecular complexity index is 167. The summed E-state index contributed by atoms with van der Waals surface area (Å²) in [5, 5.41) is 14.8. The minimum Gasteiger partial charge on any atom is -0.597 e. The van der Waals surface area contributed by atoms with Gasteiger partial charge in [0.2, 0.25) is 0 Å². The largest absolute Gasteiger partial charge is 0.597 e. The zero-order valence-corrected chi connectivity index (χ0v) is 9.04. The highest BCUT2D eigenvalue weighted by Crippen LogP contribution is 2.12. The second-order valence-electron chi connectivity index (χ2n) is 3.71. The van der Waals surface area contributed by atoms with Crippen molar-refractivity contribution < 1.29 is 9.70 Å². The molecule has 0 unspecified atom stereocenters. The maximum atomic E-state index is 11.3. The molecule has 0 spiro atoms. The topological polar surface area (TPSA) is 47.7 Å². The molecule has 13 heavy (non-hydrogen) atoms. The van der Waals surface area contributed by atoms with Gasteiger partial charge in [0.1, 0.15) is 6.61 Å². The summed E-state index contributed by atoms with van der Waals surface area (Å²) < 4.78 is 0. The molecule has 0 aromatic rings. The van der Waals surface area contributed by atoms with Gasteiger partial charge in [-0.05, 0) is 6.42 Å². The fraction of sp³-hybridized carbons (Fsp3) is 1.00. The molecule has 0 aliphatic carbocycles. The molecule has 0 aliphatic rings. The smallest absolute Gasteiger partial charge is 0.200 e. The average Bonchev–Trinajstić information content (AvgIpc) is 2.12. The van der Waals surface area contributed by atoms with Crippen LogP contribution in [0.1, 0.15) is 47.0 Å². The molecule has 4 heteroatoms. The van der Waals surface area contributed by atoms with Crippen LogP contribution in [0.15, 0.2) is 5.28 Å². The highest BCUT2D eigenvalue weighted by atomic mass is 16.7. The van der Waals surface area contributed by atoms with Crippen LogP contribution in [0.2, 0.25) is 0 Å². The number of hydrogen-bond acceptors (Lipinski definition) is 3. The summed E-state index contributed by atoms with van der Waals surface area (Å²) in [7, 11) is 0. The molecule has 0 aromatic heterocycles. The van der Waals surface area contributed by atoms with Crippen LogP contribution in [0.25, 0.3) is 0 Å². The van der Waals surface area contributed by atoms with E-state index in [1.807, 2.05) is 20.8 Å². The second kappa shape index (κ2) is 5.78. The molecule has 0 fully saturated rings. The normalized spacial score (nSPS) is 13.1. The average molecular weight is 188 g/mol. The van der Waals surface area contributed by atoms with Gasteiger partial charge in [-0.15, -0.1) is 0 Å². The fourth-order valence-electron chi connectivity index (χ4n) is 0.548. The van der Waals surface area contributed by atoms with E-state index in [1.54, 1.807) is 0 Å². The third-order valence-corrected chi connectivity index (χ3v) is 2.10. The lowest BCUT2D eigenvalue weighted by atomic mass is 10.0. The predicted molar refractivity (Wildman–Crippen MR) is 51.3 cm³/mol. The zero-order valence-electron chi connectivity index (χ0n) is 9.04. The molecule has 0 N–H and O–H groups in total. The first kappa shape index (κ1) is 12.2. The van der Waals surface area contributed by atoms with Crippen molar-refractivity contribution in [3.05, 3.63) is 5.21 Å². The van der Waals surface area contributed by atoms with Gasteiger partial charge in [-0.3, -0.25) is 0 Å². The molecule has 0 atom stereocenters. The SMILES string of the molecule is CCCCO/N=[N+](\[O-])C(C)(C)CC. The predicted octanol–water partition coefficient (Wildman–Crippen LogP) is 2.87. The van der Waals surface area contributed by atoms with Crippen molar-refractivity contribution in [2.45, 2.75) is 52.5 Å². The number of hydroxylamine groups is 1. The number of nitrogens with zero attached hydrogens (tertiary/aromatic N) is 2. The van der Waals surface area contributed by atoms with E-state index >= 15 is 0 Å². The molecule has 0 saturated carbocycles. The zero-order chi connectivity index (χ0) is 10.3. The molecular weight excluding hydrogens is 168 g/mol. The second-order valence-corrected chi connectivity index (χ2v) is 3.71. The summed E-state index contributed by atoms with van der Waals surface area (Å²) >= 11 is 0. The van der Waals surface area contributed by atoms with E-state index in [4.69, 9.17) is 4.84 Å². The highest BCUT2D eigenvalue weighted by Gasteiger charge is 2.26. The first-order valence-corrected chi connectivity index (χ1v) is 4.85. The number of unbranched alkanes of at least 4 members (excludes halogenated alkanes) is 1. The Balaban J connectivity index is 3.87. The molecule has 0 radical (unpaired) electrons. The highest BCUT2D eigenvalue weighted by molar-refractivity contribution is 4.61. The first-order chi connectivity index (χ1) is 6.04. The molecule has 4 nitrogen and oxygen atoms in total. The summed E-state index contributed by atoms with van der Waals surface area (Å²) in [4.78, 5) is 5.50. The third-order valence-electron chi connectivity index (χ3n) is 2.10. The van der Waals surface area contributed by atoms with E-state index in [0.717, 1.165) is 19.3 Å². The lowest BCUT2D eigenvalue weighted by molar-refractivity contribution is -0.627. The van der Waals surface area contributed by atoms with Gasteiger partial charge in [-0.1, -0.05) is 25.1 Å². The van der Waals surface area contributed by atoms with Crippen LogP contribution in [0.3, 0.4) is 0 Å². The van der Waals surface area contributed by atoms with Gasteiger partial charge in [0, 0.05) is 20.3 Å². The molecule has 78 valence electrons. The van der Waals surface area contributed by atoms with Crippen molar-refractivity contribution in [2.24, 2.45) is 5.28 Å². The minimum absolute atomic E-state index is 0.466. The van der Waals surface area contributed by atoms with Gasteiger partial charge >= 0.3 is 0 Å². The number of hydrogen-bond donors (Lipinski definition) is 0. The van der Waals surface area contributed by atoms with Crippen LogP contribution in [-0.2, 0) is 4.84 Å². The molecule has 0 aromatic carbocycles. The standard InChI is InChI=1S/C9H20N2O2/c1-5-7-8-13-10-11(12)9(3,4)6-2/h5-8H2,1-4H3/b11-10-. The van der Waals surface area contributed by atoms with Gasteiger partial charge in [0.05, 0.1) is 0 Å². The molecule has 0 heterocycles. The van der Waals surface area contributed by atoms with E-state index in [-0.39, 0.29) is 0 Å². The molecule has 0 bridgehead atoms. The van der Waals surface area contributed by atoms with Crippen LogP contribution < -0.4 is 0 Å². The van der Waals surface area contributed by atoms with E-state index < -0.39 is 5.54 Å². The van der Waals surface area contributed by atoms with Gasteiger partial charge in [0.25, 0.3) is 0 Å². The molecule has 0 rings (SSSR count). The molecule has 0 saturated heterocycles. The van der Waals surface area contributed by atoms with Crippen molar-refractivity contribution >= 4 is 0 Å². The third kappa shape index (κ3) is 4.70. The van der Waals surface area contributed by atoms with Crippen molar-refractivity contribution in [1.29, 1.82) is 0 Å². The van der Waals surface area contributed by atoms with Crippen LogP contribution in [0.5, 0.6) is 0 Å². The maximum Gasteiger partial charge on any atom is 0.200 e. The lowest BCUT2D eigenvalue weighted by Crippen LogP contribution is -2.30. The van der Waals surface area contributed by atoms with Crippen molar-refractivity contribution in [1.82, 2.24) is 0 Å². The Morgan fingerprint density at radius 2 is 2.00 bits per heavy atom. The van der Waals surface area contributed by atoms with E-state index in [9.17, 15) is 5.21 Å². The first-order valence-electron chi connectivity index (χ1n) is 4.85. The monoisotopic (exact) mass is 188 g/mol. The Morgan fingerprint density at radius 1 is 1.38 bits per heavy atom. The summed E-state index contributed by atoms with van der Waals surface area (Å²) in [5.41, 5.74) is -0.466. The Kier molecular flexibility index (Phi) is 5.42. The summed E-state index contributed by atoms with van der Waals surface area (Å²) in [6.45, 7) is 8.22. The molecule has 0 amide bonds. The summed E-state index contributed by atoms with van der Waals surface area (Å²) in [5.74, 6) is 0. The van der Waals surface area contributed by atoms with Gasteiger partial charge in [0.15, 0.2) is 10.8 Å². The van der Waals surface area contributed by atoms with Crippen LogP contribution >= 0.6 is 0 Å². The Labute approximate surface area is 80.1 Å². The van der Waals surface area contributed by atoms with Crippen LogP contribution in [0.4, 0.5) is 0 Å². The maximum absolute atomic E-state index is 11.3. The van der Waals surface area contributed by atoms with E-state index in [0.29, 0.717) is 11.5 Å². The van der Waals surface area contributed by atoms with Gasteiger partial charge in [-0.25, -0.2) is 0 Å². The van der Waals surface area contributed by atoms with Crippen LogP contribution in [-0.4, -0.2) is 17.0 Å².